The first kappa shape index (κ1) is 28.2. The number of carbonyl (C=O) groups is 2. The van der Waals surface area contributed by atoms with Crippen molar-refractivity contribution in [2.45, 2.75) is 35.9 Å². The van der Waals surface area contributed by atoms with Crippen molar-refractivity contribution in [3.63, 3.8) is 0 Å². The van der Waals surface area contributed by atoms with Gasteiger partial charge in [0.1, 0.15) is 5.75 Å². The Hall–Kier alpha value is -3.33. The Morgan fingerprint density at radius 1 is 1.05 bits per heavy atom. The van der Waals surface area contributed by atoms with Gasteiger partial charge >= 0.3 is 0 Å². The van der Waals surface area contributed by atoms with Gasteiger partial charge in [0.15, 0.2) is 0 Å². The van der Waals surface area contributed by atoms with Gasteiger partial charge in [-0.15, -0.1) is 11.8 Å². The van der Waals surface area contributed by atoms with Crippen molar-refractivity contribution in [2.24, 2.45) is 17.6 Å². The number of hydrogen-bond acceptors (Lipinski definition) is 6. The van der Waals surface area contributed by atoms with Crippen molar-refractivity contribution < 1.29 is 14.3 Å². The molecule has 0 radical (unpaired) electrons. The average Bonchev–Trinajstić information content (AvgIpc) is 3.00. The highest BCUT2D eigenvalue weighted by molar-refractivity contribution is 7.98. The minimum Gasteiger partial charge on any atom is -0.496 e. The van der Waals surface area contributed by atoms with Crippen molar-refractivity contribution in [1.29, 1.82) is 0 Å². The number of nitrogens with one attached hydrogen (secondary N) is 2. The van der Waals surface area contributed by atoms with E-state index in [2.05, 4.69) is 94.6 Å². The number of primary amides is 1. The van der Waals surface area contributed by atoms with E-state index >= 15 is 0 Å². The second-order valence-electron chi connectivity index (χ2n) is 10.6. The van der Waals surface area contributed by atoms with Crippen LogP contribution in [0.15, 0.2) is 83.8 Å². The smallest absolute Gasteiger partial charge is 0.236 e. The van der Waals surface area contributed by atoms with Gasteiger partial charge in [0, 0.05) is 41.6 Å². The molecule has 210 valence electrons. The van der Waals surface area contributed by atoms with Gasteiger partial charge in [-0.05, 0) is 54.5 Å². The zero-order chi connectivity index (χ0) is 28.1. The van der Waals surface area contributed by atoms with E-state index in [0.29, 0.717) is 13.1 Å². The molecule has 7 nitrogen and oxygen atoms in total. The van der Waals surface area contributed by atoms with Crippen LogP contribution in [0, 0.1) is 11.8 Å². The largest absolute Gasteiger partial charge is 0.496 e. The zero-order valence-corrected chi connectivity index (χ0v) is 23.9. The molecule has 0 aromatic heterocycles. The van der Waals surface area contributed by atoms with Crippen LogP contribution in [0.4, 0.5) is 0 Å². The number of nitrogens with zero attached hydrogens (tertiary/aromatic N) is 1. The zero-order valence-electron chi connectivity index (χ0n) is 23.1. The summed E-state index contributed by atoms with van der Waals surface area (Å²) in [5.41, 5.74) is 8.95. The average molecular weight is 559 g/mol. The van der Waals surface area contributed by atoms with Crippen LogP contribution in [0.1, 0.15) is 29.0 Å². The maximum absolute atomic E-state index is 13.3. The van der Waals surface area contributed by atoms with Gasteiger partial charge < -0.3 is 21.1 Å². The summed E-state index contributed by atoms with van der Waals surface area (Å²) in [5.74, 6) is 0.215. The number of amides is 2. The van der Waals surface area contributed by atoms with Crippen LogP contribution in [0.25, 0.3) is 0 Å². The molecule has 2 bridgehead atoms. The summed E-state index contributed by atoms with van der Waals surface area (Å²) in [7, 11) is 1.70. The molecule has 4 N–H and O–H groups in total. The number of ether oxygens (including phenoxy) is 1. The van der Waals surface area contributed by atoms with Gasteiger partial charge in [0.2, 0.25) is 11.8 Å². The van der Waals surface area contributed by atoms with Gasteiger partial charge in [-0.2, -0.15) is 0 Å². The Labute approximate surface area is 240 Å². The number of benzene rings is 3. The highest BCUT2D eigenvalue weighted by Gasteiger charge is 2.52. The third-order valence-corrected chi connectivity index (χ3v) is 9.12. The van der Waals surface area contributed by atoms with E-state index in [1.165, 1.54) is 16.0 Å². The van der Waals surface area contributed by atoms with Gasteiger partial charge in [-0.3, -0.25) is 14.5 Å². The normalized spacial score (nSPS) is 23.6. The summed E-state index contributed by atoms with van der Waals surface area (Å²) in [5, 5.41) is 6.69. The molecule has 0 spiro atoms. The first-order valence-electron chi connectivity index (χ1n) is 13.8. The van der Waals surface area contributed by atoms with Crippen molar-refractivity contribution in [3.05, 3.63) is 95.6 Å². The lowest BCUT2D eigenvalue weighted by Gasteiger charge is -2.56. The molecule has 2 amide bonds. The lowest BCUT2D eigenvalue weighted by molar-refractivity contribution is -0.136. The second-order valence-corrected chi connectivity index (χ2v) is 11.5. The van der Waals surface area contributed by atoms with Crippen LogP contribution in [-0.4, -0.2) is 61.8 Å². The monoisotopic (exact) mass is 558 g/mol. The summed E-state index contributed by atoms with van der Waals surface area (Å²) in [4.78, 5) is 28.4. The fourth-order valence-corrected chi connectivity index (χ4v) is 7.07. The maximum Gasteiger partial charge on any atom is 0.236 e. The van der Waals surface area contributed by atoms with E-state index in [-0.39, 0.29) is 42.3 Å². The number of thioether (sulfide) groups is 1. The van der Waals surface area contributed by atoms with E-state index in [0.717, 1.165) is 24.3 Å². The highest BCUT2D eigenvalue weighted by Crippen LogP contribution is 2.44. The Bertz CT molecular complexity index is 1270. The molecule has 3 saturated heterocycles. The summed E-state index contributed by atoms with van der Waals surface area (Å²) in [6.45, 7) is 2.06. The standard InChI is InChI=1S/C32H38N4O3S/c1-39-27-14-13-24(40-2)17-23(27)18-34-30-25-15-16-36(20-26(25)32(38)35-19-28(33)37)31(30)29(21-9-5-3-6-10-21)22-11-7-4-8-12-22/h3-14,17,25-26,29-31,34H,15-16,18-20H2,1-2H3,(H2,33,37)(H,35,38). The Balaban J connectivity index is 1.52. The molecular weight excluding hydrogens is 520 g/mol. The number of nitrogens with two attached hydrogens (primary N) is 1. The summed E-state index contributed by atoms with van der Waals surface area (Å²) in [6, 6.07) is 27.8. The molecular formula is C32H38N4O3S. The minimum atomic E-state index is -0.531. The van der Waals surface area contributed by atoms with Gasteiger partial charge in [0.05, 0.1) is 19.6 Å². The quantitative estimate of drug-likeness (QED) is 0.311. The third kappa shape index (κ3) is 6.04. The molecule has 8 heteroatoms. The predicted octanol–water partition coefficient (Wildman–Crippen LogP) is 3.63. The highest BCUT2D eigenvalue weighted by atomic mass is 32.2. The summed E-state index contributed by atoms with van der Waals surface area (Å²) < 4.78 is 5.71. The first-order valence-corrected chi connectivity index (χ1v) is 15.1. The van der Waals surface area contributed by atoms with Crippen molar-refractivity contribution in [1.82, 2.24) is 15.5 Å². The topological polar surface area (TPSA) is 96.7 Å². The molecule has 3 aromatic carbocycles. The molecule has 5 unspecified atom stereocenters. The van der Waals surface area contributed by atoms with Crippen LogP contribution in [0.3, 0.4) is 0 Å². The molecule has 3 aliphatic rings. The number of methoxy groups -OCH3 is 1. The Kier molecular flexibility index (Phi) is 9.09. The lowest BCUT2D eigenvalue weighted by Crippen LogP contribution is -2.69. The van der Waals surface area contributed by atoms with Crippen molar-refractivity contribution in [2.75, 3.05) is 33.0 Å². The maximum atomic E-state index is 13.3. The molecule has 0 aliphatic carbocycles. The molecule has 40 heavy (non-hydrogen) atoms. The summed E-state index contributed by atoms with van der Waals surface area (Å²) >= 11 is 1.71. The second kappa shape index (κ2) is 12.9. The Morgan fingerprint density at radius 2 is 1.73 bits per heavy atom. The summed E-state index contributed by atoms with van der Waals surface area (Å²) in [6.07, 6.45) is 2.98. The first-order chi connectivity index (χ1) is 19.5. The SMILES string of the molecule is COc1ccc(SC)cc1CNC1C2CCN(CC2C(=O)NCC(N)=O)C1C(c1ccccc1)c1ccccc1. The number of rotatable bonds is 11. The molecule has 6 rings (SSSR count). The molecule has 3 heterocycles. The van der Waals surface area contributed by atoms with Crippen LogP contribution < -0.4 is 21.1 Å². The lowest BCUT2D eigenvalue weighted by atomic mass is 9.66. The van der Waals surface area contributed by atoms with Crippen LogP contribution >= 0.6 is 11.8 Å². The van der Waals surface area contributed by atoms with E-state index in [4.69, 9.17) is 10.5 Å². The van der Waals surface area contributed by atoms with Crippen LogP contribution in [0.5, 0.6) is 5.75 Å². The molecule has 3 aliphatic heterocycles. The van der Waals surface area contributed by atoms with Crippen molar-refractivity contribution >= 4 is 23.6 Å². The van der Waals surface area contributed by atoms with Gasteiger partial charge in [0.25, 0.3) is 0 Å². The third-order valence-electron chi connectivity index (χ3n) is 8.40. The number of carbonyl (C=O) groups excluding carboxylic acids is 2. The fraction of sp³-hybridized carbons (Fsp3) is 0.375. The minimum absolute atomic E-state index is 0.0277. The van der Waals surface area contributed by atoms with E-state index in [1.807, 2.05) is 6.07 Å². The number of hydrogen-bond donors (Lipinski definition) is 3. The number of fused-ring (bicyclic) bond motifs is 3. The molecule has 3 aromatic rings. The van der Waals surface area contributed by atoms with Crippen molar-refractivity contribution in [3.8, 4) is 5.75 Å². The van der Waals surface area contributed by atoms with E-state index in [1.54, 1.807) is 18.9 Å². The fourth-order valence-electron chi connectivity index (χ4n) is 6.60. The van der Waals surface area contributed by atoms with Gasteiger partial charge in [-0.25, -0.2) is 0 Å². The molecule has 5 atom stereocenters. The van der Waals surface area contributed by atoms with E-state index < -0.39 is 5.91 Å². The molecule has 3 fully saturated rings. The van der Waals surface area contributed by atoms with E-state index in [9.17, 15) is 9.59 Å². The van der Waals surface area contributed by atoms with Crippen LogP contribution in [-0.2, 0) is 16.1 Å². The molecule has 0 saturated carbocycles. The predicted molar refractivity (Wildman–Crippen MR) is 159 cm³/mol. The van der Waals surface area contributed by atoms with Gasteiger partial charge in [-0.1, -0.05) is 60.7 Å². The van der Waals surface area contributed by atoms with Crippen LogP contribution in [0.2, 0.25) is 0 Å². The number of piperidine rings is 3. The Morgan fingerprint density at radius 3 is 2.33 bits per heavy atom.